The summed E-state index contributed by atoms with van der Waals surface area (Å²) >= 11 is 0. The van der Waals surface area contributed by atoms with Crippen LogP contribution in [0, 0.1) is 17.3 Å². The molecule has 1 aliphatic carbocycles. The SMILES string of the molecule is CC(=O)C(C)(C)C1CC[C@@H](C)CC1=O. The molecule has 1 saturated carbocycles. The minimum absolute atomic E-state index is 0.0452. The average Bonchev–Trinajstić information content (AvgIpc) is 2.02. The van der Waals surface area contributed by atoms with Crippen LogP contribution in [-0.2, 0) is 9.59 Å². The van der Waals surface area contributed by atoms with Gasteiger partial charge in [0, 0.05) is 17.8 Å². The Bertz CT molecular complexity index is 253. The van der Waals surface area contributed by atoms with Crippen molar-refractivity contribution in [2.45, 2.75) is 47.0 Å². The summed E-state index contributed by atoms with van der Waals surface area (Å²) in [6, 6.07) is 0. The first-order chi connectivity index (χ1) is 6.35. The Balaban J connectivity index is 2.79. The van der Waals surface area contributed by atoms with Gasteiger partial charge in [-0.2, -0.15) is 0 Å². The van der Waals surface area contributed by atoms with E-state index in [9.17, 15) is 9.59 Å². The van der Waals surface area contributed by atoms with E-state index in [1.54, 1.807) is 6.92 Å². The number of Topliss-reactive ketones (excluding diaryl/α,β-unsaturated/α-hetero) is 2. The zero-order chi connectivity index (χ0) is 10.9. The lowest BCUT2D eigenvalue weighted by Crippen LogP contribution is -2.39. The first-order valence-corrected chi connectivity index (χ1v) is 5.39. The number of rotatable bonds is 2. The monoisotopic (exact) mass is 196 g/mol. The third-order valence-corrected chi connectivity index (χ3v) is 3.66. The number of carbonyl (C=O) groups is 2. The molecular weight excluding hydrogens is 176 g/mol. The van der Waals surface area contributed by atoms with Crippen LogP contribution in [0.2, 0.25) is 0 Å². The highest BCUT2D eigenvalue weighted by Gasteiger charge is 2.40. The van der Waals surface area contributed by atoms with E-state index in [4.69, 9.17) is 0 Å². The topological polar surface area (TPSA) is 34.1 Å². The Kier molecular flexibility index (Phi) is 3.13. The van der Waals surface area contributed by atoms with Gasteiger partial charge in [0.05, 0.1) is 0 Å². The first kappa shape index (κ1) is 11.4. The lowest BCUT2D eigenvalue weighted by atomic mass is 9.67. The molecule has 0 aromatic rings. The van der Waals surface area contributed by atoms with Crippen molar-refractivity contribution in [2.24, 2.45) is 17.3 Å². The number of hydrogen-bond donors (Lipinski definition) is 0. The normalized spacial score (nSPS) is 29.0. The zero-order valence-electron chi connectivity index (χ0n) is 9.59. The summed E-state index contributed by atoms with van der Waals surface area (Å²) in [5.41, 5.74) is -0.461. The molecule has 0 amide bonds. The van der Waals surface area contributed by atoms with Gasteiger partial charge in [0.15, 0.2) is 0 Å². The molecule has 0 aromatic carbocycles. The molecule has 0 saturated heterocycles. The van der Waals surface area contributed by atoms with Gasteiger partial charge in [-0.25, -0.2) is 0 Å². The maximum Gasteiger partial charge on any atom is 0.137 e. The highest BCUT2D eigenvalue weighted by molar-refractivity contribution is 5.91. The Labute approximate surface area is 86.1 Å². The molecule has 1 fully saturated rings. The molecule has 0 spiro atoms. The van der Waals surface area contributed by atoms with E-state index in [2.05, 4.69) is 6.92 Å². The fourth-order valence-electron chi connectivity index (χ4n) is 2.21. The zero-order valence-corrected chi connectivity index (χ0v) is 9.59. The molecule has 0 bridgehead atoms. The predicted octanol–water partition coefficient (Wildman–Crippen LogP) is 2.61. The third kappa shape index (κ3) is 2.05. The molecule has 2 heteroatoms. The maximum absolute atomic E-state index is 11.8. The second-order valence-electron chi connectivity index (χ2n) is 5.18. The molecule has 0 aliphatic heterocycles. The van der Waals surface area contributed by atoms with Crippen LogP contribution in [0.5, 0.6) is 0 Å². The van der Waals surface area contributed by atoms with E-state index in [1.165, 1.54) is 0 Å². The lowest BCUT2D eigenvalue weighted by molar-refractivity contribution is -0.139. The molecule has 0 radical (unpaired) electrons. The van der Waals surface area contributed by atoms with E-state index in [-0.39, 0.29) is 17.5 Å². The minimum Gasteiger partial charge on any atom is -0.299 e. The van der Waals surface area contributed by atoms with Crippen molar-refractivity contribution in [1.82, 2.24) is 0 Å². The summed E-state index contributed by atoms with van der Waals surface area (Å²) in [4.78, 5) is 23.2. The molecule has 80 valence electrons. The Hall–Kier alpha value is -0.660. The molecule has 0 N–H and O–H groups in total. The van der Waals surface area contributed by atoms with Crippen LogP contribution >= 0.6 is 0 Å². The van der Waals surface area contributed by atoms with Gasteiger partial charge < -0.3 is 0 Å². The number of ketones is 2. The van der Waals surface area contributed by atoms with Crippen molar-refractivity contribution in [2.75, 3.05) is 0 Å². The van der Waals surface area contributed by atoms with Crippen LogP contribution in [0.4, 0.5) is 0 Å². The van der Waals surface area contributed by atoms with Gasteiger partial charge in [-0.3, -0.25) is 9.59 Å². The highest BCUT2D eigenvalue weighted by Crippen LogP contribution is 2.38. The average molecular weight is 196 g/mol. The quantitative estimate of drug-likeness (QED) is 0.680. The maximum atomic E-state index is 11.8. The van der Waals surface area contributed by atoms with Crippen molar-refractivity contribution in [3.05, 3.63) is 0 Å². The minimum atomic E-state index is -0.461. The van der Waals surface area contributed by atoms with Crippen molar-refractivity contribution in [3.63, 3.8) is 0 Å². The first-order valence-electron chi connectivity index (χ1n) is 5.39. The van der Waals surface area contributed by atoms with Crippen LogP contribution in [0.1, 0.15) is 47.0 Å². The third-order valence-electron chi connectivity index (χ3n) is 3.66. The van der Waals surface area contributed by atoms with Gasteiger partial charge in [-0.05, 0) is 25.7 Å². The van der Waals surface area contributed by atoms with Crippen LogP contribution in [-0.4, -0.2) is 11.6 Å². The smallest absolute Gasteiger partial charge is 0.137 e. The molecule has 1 rings (SSSR count). The fraction of sp³-hybridized carbons (Fsp3) is 0.833. The van der Waals surface area contributed by atoms with E-state index < -0.39 is 5.41 Å². The highest BCUT2D eigenvalue weighted by atomic mass is 16.1. The summed E-state index contributed by atoms with van der Waals surface area (Å²) < 4.78 is 0. The summed E-state index contributed by atoms with van der Waals surface area (Å²) in [5.74, 6) is 0.868. The Morgan fingerprint density at radius 1 is 1.36 bits per heavy atom. The summed E-state index contributed by atoms with van der Waals surface area (Å²) in [6.07, 6.45) is 2.61. The Morgan fingerprint density at radius 3 is 2.36 bits per heavy atom. The van der Waals surface area contributed by atoms with Gasteiger partial charge in [0.25, 0.3) is 0 Å². The van der Waals surface area contributed by atoms with E-state index in [0.717, 1.165) is 12.8 Å². The van der Waals surface area contributed by atoms with Crippen molar-refractivity contribution >= 4 is 11.6 Å². The summed E-state index contributed by atoms with van der Waals surface area (Å²) in [6.45, 7) is 7.49. The molecule has 1 unspecified atom stereocenters. The number of hydrogen-bond acceptors (Lipinski definition) is 2. The van der Waals surface area contributed by atoms with Gasteiger partial charge in [-0.15, -0.1) is 0 Å². The molecule has 0 aromatic heterocycles. The standard InChI is InChI=1S/C12H20O2/c1-8-5-6-10(11(14)7-8)12(3,4)9(2)13/h8,10H,5-7H2,1-4H3/t8-,10?/m1/s1. The fourth-order valence-corrected chi connectivity index (χ4v) is 2.21. The molecule has 2 atom stereocenters. The lowest BCUT2D eigenvalue weighted by Gasteiger charge is -2.35. The molecular formula is C12H20O2. The number of carbonyl (C=O) groups excluding carboxylic acids is 2. The van der Waals surface area contributed by atoms with Crippen molar-refractivity contribution in [1.29, 1.82) is 0 Å². The van der Waals surface area contributed by atoms with Gasteiger partial charge in [0.2, 0.25) is 0 Å². The second kappa shape index (κ2) is 3.84. The predicted molar refractivity (Wildman–Crippen MR) is 56.0 cm³/mol. The molecule has 14 heavy (non-hydrogen) atoms. The van der Waals surface area contributed by atoms with Crippen LogP contribution in [0.25, 0.3) is 0 Å². The largest absolute Gasteiger partial charge is 0.299 e. The van der Waals surface area contributed by atoms with E-state index in [0.29, 0.717) is 12.3 Å². The second-order valence-corrected chi connectivity index (χ2v) is 5.18. The van der Waals surface area contributed by atoms with Crippen LogP contribution < -0.4 is 0 Å². The van der Waals surface area contributed by atoms with Crippen LogP contribution in [0.3, 0.4) is 0 Å². The Morgan fingerprint density at radius 2 is 1.93 bits per heavy atom. The van der Waals surface area contributed by atoms with E-state index in [1.807, 2.05) is 13.8 Å². The summed E-state index contributed by atoms with van der Waals surface area (Å²) in [5, 5.41) is 0. The van der Waals surface area contributed by atoms with E-state index >= 15 is 0 Å². The molecule has 1 aliphatic rings. The summed E-state index contributed by atoms with van der Waals surface area (Å²) in [7, 11) is 0. The molecule has 0 heterocycles. The van der Waals surface area contributed by atoms with Crippen molar-refractivity contribution < 1.29 is 9.59 Å². The van der Waals surface area contributed by atoms with Crippen LogP contribution in [0.15, 0.2) is 0 Å². The van der Waals surface area contributed by atoms with Crippen molar-refractivity contribution in [3.8, 4) is 0 Å². The van der Waals surface area contributed by atoms with Gasteiger partial charge in [0.1, 0.15) is 11.6 Å². The molecule has 2 nitrogen and oxygen atoms in total. The van der Waals surface area contributed by atoms with Gasteiger partial charge in [-0.1, -0.05) is 20.8 Å². The van der Waals surface area contributed by atoms with Gasteiger partial charge >= 0.3 is 0 Å².